The van der Waals surface area contributed by atoms with Crippen molar-refractivity contribution in [1.29, 1.82) is 0 Å². The summed E-state index contributed by atoms with van der Waals surface area (Å²) in [5.41, 5.74) is 3.26. The zero-order valence-electron chi connectivity index (χ0n) is 18.7. The molecule has 9 rings (SSSR count). The van der Waals surface area contributed by atoms with Gasteiger partial charge in [0.2, 0.25) is 0 Å². The lowest BCUT2D eigenvalue weighted by Crippen LogP contribution is -2.60. The molecule has 0 heterocycles. The molecule has 2 nitrogen and oxygen atoms in total. The molecule has 8 aliphatic carbocycles. The Bertz CT molecular complexity index is 793. The van der Waals surface area contributed by atoms with E-state index in [9.17, 15) is 0 Å². The van der Waals surface area contributed by atoms with E-state index in [4.69, 9.17) is 4.99 Å². The Morgan fingerprint density at radius 1 is 0.700 bits per heavy atom. The molecule has 8 saturated carbocycles. The van der Waals surface area contributed by atoms with Gasteiger partial charge in [-0.25, -0.2) is 0 Å². The molecule has 8 aliphatic rings. The Kier molecular flexibility index (Phi) is 3.88. The van der Waals surface area contributed by atoms with Crippen LogP contribution < -0.4 is 5.32 Å². The van der Waals surface area contributed by atoms with Crippen LogP contribution in [0.3, 0.4) is 0 Å². The molecule has 8 fully saturated rings. The maximum Gasteiger partial charge on any atom is 0.129 e. The fourth-order valence-electron chi connectivity index (χ4n) is 9.83. The van der Waals surface area contributed by atoms with Crippen LogP contribution in [-0.2, 0) is 0 Å². The van der Waals surface area contributed by atoms with Crippen LogP contribution in [0.5, 0.6) is 0 Å². The molecule has 2 heteroatoms. The Balaban J connectivity index is 1.26. The standard InChI is InChI=1S/C28H38N2/c1-18-2-4-25(5-3-18)26(29-27-12-19-6-20(13-27)8-21(7-19)14-27)30-28-15-22-9-23(16-28)11-24(10-22)17-28/h2-5,19-24H,6-17H2,1H3,(H,29,30). The molecule has 8 bridgehead atoms. The van der Waals surface area contributed by atoms with Crippen molar-refractivity contribution in [3.8, 4) is 0 Å². The summed E-state index contributed by atoms with van der Waals surface area (Å²) >= 11 is 0. The van der Waals surface area contributed by atoms with Crippen molar-refractivity contribution in [2.24, 2.45) is 40.5 Å². The number of aliphatic imine (C=N–C) groups is 1. The zero-order valence-corrected chi connectivity index (χ0v) is 18.7. The summed E-state index contributed by atoms with van der Waals surface area (Å²) in [7, 11) is 0. The number of nitrogens with one attached hydrogen (secondary N) is 1. The summed E-state index contributed by atoms with van der Waals surface area (Å²) in [6.07, 6.45) is 17.3. The van der Waals surface area contributed by atoms with E-state index in [1.165, 1.54) is 94.0 Å². The van der Waals surface area contributed by atoms with Gasteiger partial charge in [0.05, 0.1) is 5.54 Å². The van der Waals surface area contributed by atoms with Crippen LogP contribution in [0.1, 0.15) is 88.2 Å². The quantitative estimate of drug-likeness (QED) is 0.468. The topological polar surface area (TPSA) is 24.4 Å². The molecule has 0 atom stereocenters. The highest BCUT2D eigenvalue weighted by Crippen LogP contribution is 2.58. The van der Waals surface area contributed by atoms with Crippen molar-refractivity contribution >= 4 is 5.84 Å². The Morgan fingerprint density at radius 3 is 1.60 bits per heavy atom. The van der Waals surface area contributed by atoms with E-state index in [1.54, 1.807) is 0 Å². The van der Waals surface area contributed by atoms with E-state index < -0.39 is 0 Å². The Labute approximate surface area is 182 Å². The predicted octanol–water partition coefficient (Wildman–Crippen LogP) is 6.27. The lowest BCUT2D eigenvalue weighted by molar-refractivity contribution is -0.0116. The minimum Gasteiger partial charge on any atom is -0.364 e. The van der Waals surface area contributed by atoms with Crippen LogP contribution >= 0.6 is 0 Å². The second kappa shape index (κ2) is 6.36. The van der Waals surface area contributed by atoms with Gasteiger partial charge in [-0.2, -0.15) is 0 Å². The molecular weight excluding hydrogens is 364 g/mol. The molecule has 30 heavy (non-hydrogen) atoms. The van der Waals surface area contributed by atoms with Crippen LogP contribution in [0.2, 0.25) is 0 Å². The van der Waals surface area contributed by atoms with Crippen molar-refractivity contribution in [3.63, 3.8) is 0 Å². The van der Waals surface area contributed by atoms with E-state index in [0.29, 0.717) is 5.54 Å². The van der Waals surface area contributed by atoms with Gasteiger partial charge in [-0.05, 0) is 119 Å². The number of hydrogen-bond acceptors (Lipinski definition) is 1. The SMILES string of the molecule is Cc1ccc(C(=NC23CC4CC(CC(C4)C2)C3)NC23CC4CC(CC(C4)C2)C3)cc1. The van der Waals surface area contributed by atoms with Crippen LogP contribution in [0.25, 0.3) is 0 Å². The van der Waals surface area contributed by atoms with Crippen LogP contribution in [0.15, 0.2) is 29.3 Å². The van der Waals surface area contributed by atoms with Crippen molar-refractivity contribution in [2.45, 2.75) is 95.1 Å². The highest BCUT2D eigenvalue weighted by atomic mass is 15.1. The second-order valence-corrected chi connectivity index (χ2v) is 12.8. The van der Waals surface area contributed by atoms with Gasteiger partial charge in [-0.15, -0.1) is 0 Å². The van der Waals surface area contributed by atoms with E-state index in [0.717, 1.165) is 35.5 Å². The third kappa shape index (κ3) is 3.00. The fraction of sp³-hybridized carbons (Fsp3) is 0.750. The second-order valence-electron chi connectivity index (χ2n) is 12.8. The first-order valence-corrected chi connectivity index (χ1v) is 13.0. The van der Waals surface area contributed by atoms with Gasteiger partial charge in [-0.3, -0.25) is 4.99 Å². The summed E-state index contributed by atoms with van der Waals surface area (Å²) in [5, 5.41) is 4.22. The third-order valence-corrected chi connectivity index (χ3v) is 10.1. The van der Waals surface area contributed by atoms with Crippen LogP contribution in [0, 0.1) is 42.4 Å². The third-order valence-electron chi connectivity index (χ3n) is 10.1. The summed E-state index contributed by atoms with van der Waals surface area (Å²) in [5.74, 6) is 7.06. The minimum atomic E-state index is 0.240. The average molecular weight is 403 g/mol. The predicted molar refractivity (Wildman–Crippen MR) is 123 cm³/mol. The Hall–Kier alpha value is -1.31. The average Bonchev–Trinajstić information content (AvgIpc) is 2.65. The van der Waals surface area contributed by atoms with E-state index in [-0.39, 0.29) is 5.54 Å². The molecule has 0 aliphatic heterocycles. The summed E-state index contributed by atoms with van der Waals surface area (Å²) in [6.45, 7) is 2.20. The molecule has 0 spiro atoms. The molecule has 0 saturated heterocycles. The van der Waals surface area contributed by atoms with Gasteiger partial charge in [0.1, 0.15) is 5.84 Å². The normalized spacial score (nSPS) is 48.4. The minimum absolute atomic E-state index is 0.240. The number of aryl methyl sites for hydroxylation is 1. The van der Waals surface area contributed by atoms with Gasteiger partial charge in [0.15, 0.2) is 0 Å². The molecule has 1 N–H and O–H groups in total. The number of hydrogen-bond donors (Lipinski definition) is 1. The molecule has 0 amide bonds. The maximum absolute atomic E-state index is 5.75. The number of benzene rings is 1. The first-order chi connectivity index (χ1) is 14.5. The van der Waals surface area contributed by atoms with Crippen LogP contribution in [0.4, 0.5) is 0 Å². The van der Waals surface area contributed by atoms with Gasteiger partial charge >= 0.3 is 0 Å². The van der Waals surface area contributed by atoms with Gasteiger partial charge in [0.25, 0.3) is 0 Å². The van der Waals surface area contributed by atoms with Gasteiger partial charge in [0, 0.05) is 11.1 Å². The van der Waals surface area contributed by atoms with Gasteiger partial charge in [-0.1, -0.05) is 29.8 Å². The number of rotatable bonds is 3. The molecule has 0 unspecified atom stereocenters. The van der Waals surface area contributed by atoms with E-state index in [1.807, 2.05) is 0 Å². The highest BCUT2D eigenvalue weighted by molar-refractivity contribution is 5.99. The lowest BCUT2D eigenvalue weighted by Gasteiger charge is -2.58. The first kappa shape index (κ1) is 18.3. The zero-order chi connectivity index (χ0) is 19.9. The molecule has 1 aromatic rings. The Morgan fingerprint density at radius 2 is 1.13 bits per heavy atom. The lowest BCUT2D eigenvalue weighted by atomic mass is 9.52. The maximum atomic E-state index is 5.75. The number of amidine groups is 1. The highest BCUT2D eigenvalue weighted by Gasteiger charge is 2.53. The van der Waals surface area contributed by atoms with E-state index >= 15 is 0 Å². The van der Waals surface area contributed by atoms with Gasteiger partial charge < -0.3 is 5.32 Å². The molecule has 0 aromatic heterocycles. The number of nitrogens with zero attached hydrogens (tertiary/aromatic N) is 1. The molecule has 0 radical (unpaired) electrons. The smallest absolute Gasteiger partial charge is 0.129 e. The molecule has 160 valence electrons. The summed E-state index contributed by atoms with van der Waals surface area (Å²) < 4.78 is 0. The molecule has 1 aromatic carbocycles. The summed E-state index contributed by atoms with van der Waals surface area (Å²) in [6, 6.07) is 9.24. The first-order valence-electron chi connectivity index (χ1n) is 13.0. The van der Waals surface area contributed by atoms with Crippen molar-refractivity contribution in [2.75, 3.05) is 0 Å². The fourth-order valence-corrected chi connectivity index (χ4v) is 9.83. The van der Waals surface area contributed by atoms with Crippen molar-refractivity contribution in [3.05, 3.63) is 35.4 Å². The largest absolute Gasteiger partial charge is 0.364 e. The van der Waals surface area contributed by atoms with Crippen molar-refractivity contribution in [1.82, 2.24) is 5.32 Å². The van der Waals surface area contributed by atoms with Crippen molar-refractivity contribution < 1.29 is 0 Å². The van der Waals surface area contributed by atoms with E-state index in [2.05, 4.69) is 36.5 Å². The molecular formula is C28H38N2. The van der Waals surface area contributed by atoms with Crippen LogP contribution in [-0.4, -0.2) is 16.9 Å². The summed E-state index contributed by atoms with van der Waals surface area (Å²) in [4.78, 5) is 5.75. The monoisotopic (exact) mass is 402 g/mol.